The van der Waals surface area contributed by atoms with Crippen molar-refractivity contribution in [2.45, 2.75) is 6.42 Å². The third-order valence-electron chi connectivity index (χ3n) is 2.21. The molecule has 84 valence electrons. The molecule has 6 nitrogen and oxygen atoms in total. The molecule has 0 bridgehead atoms. The fourth-order valence-corrected chi connectivity index (χ4v) is 1.82. The molecule has 16 heavy (non-hydrogen) atoms. The van der Waals surface area contributed by atoms with Gasteiger partial charge in [0.15, 0.2) is 5.52 Å². The molecule has 7 heteroatoms. The van der Waals surface area contributed by atoms with Crippen LogP contribution in [0.15, 0.2) is 18.3 Å². The maximum Gasteiger partial charge on any atom is 0.391 e. The van der Waals surface area contributed by atoms with Crippen molar-refractivity contribution in [1.82, 2.24) is 9.38 Å². The van der Waals surface area contributed by atoms with Gasteiger partial charge in [0.25, 0.3) is 0 Å². The van der Waals surface area contributed by atoms with E-state index in [2.05, 4.69) is 4.98 Å². The summed E-state index contributed by atoms with van der Waals surface area (Å²) >= 11 is 5.92. The van der Waals surface area contributed by atoms with Gasteiger partial charge in [0.1, 0.15) is 0 Å². The van der Waals surface area contributed by atoms with Gasteiger partial charge in [-0.3, -0.25) is 4.40 Å². The third kappa shape index (κ3) is 1.62. The zero-order chi connectivity index (χ0) is 11.7. The second kappa shape index (κ2) is 4.07. The monoisotopic (exact) mass is 240 g/mol. The number of hydrogen-bond donors (Lipinski definition) is 1. The van der Waals surface area contributed by atoms with E-state index in [0.29, 0.717) is 29.3 Å². The molecular weight excluding hydrogens is 232 g/mol. The van der Waals surface area contributed by atoms with Crippen LogP contribution in [0.5, 0.6) is 0 Å². The highest BCUT2D eigenvalue weighted by molar-refractivity contribution is 6.34. The van der Waals surface area contributed by atoms with Crippen molar-refractivity contribution in [2.75, 3.05) is 6.54 Å². The number of aromatic nitrogens is 2. The van der Waals surface area contributed by atoms with Crippen molar-refractivity contribution in [3.8, 4) is 0 Å². The quantitative estimate of drug-likeness (QED) is 0.649. The van der Waals surface area contributed by atoms with Crippen molar-refractivity contribution in [1.29, 1.82) is 0 Å². The zero-order valence-electron chi connectivity index (χ0n) is 8.26. The van der Waals surface area contributed by atoms with Gasteiger partial charge in [-0.2, -0.15) is 0 Å². The van der Waals surface area contributed by atoms with Crippen LogP contribution >= 0.6 is 11.6 Å². The van der Waals surface area contributed by atoms with Crippen LogP contribution in [0.3, 0.4) is 0 Å². The topological polar surface area (TPSA) is 86.5 Å². The van der Waals surface area contributed by atoms with E-state index in [0.717, 1.165) is 0 Å². The number of pyridine rings is 1. The Morgan fingerprint density at radius 3 is 3.00 bits per heavy atom. The Balaban J connectivity index is 2.76. The SMILES string of the molecule is NCCc1nc([N+](=O)[O-])c2c(Cl)cccn12. The van der Waals surface area contributed by atoms with Gasteiger partial charge in [0, 0.05) is 19.2 Å². The molecular formula is C9H9ClN4O2. The Hall–Kier alpha value is -1.66. The largest absolute Gasteiger partial charge is 0.391 e. The molecule has 0 saturated heterocycles. The Morgan fingerprint density at radius 1 is 1.62 bits per heavy atom. The minimum Gasteiger partial charge on any atom is -0.358 e. The van der Waals surface area contributed by atoms with Crippen LogP contribution in [0.4, 0.5) is 5.82 Å². The molecule has 2 heterocycles. The molecule has 0 aromatic carbocycles. The van der Waals surface area contributed by atoms with E-state index in [1.165, 1.54) is 0 Å². The molecule has 0 radical (unpaired) electrons. The molecule has 0 atom stereocenters. The number of hydrogen-bond acceptors (Lipinski definition) is 4. The second-order valence-electron chi connectivity index (χ2n) is 3.22. The molecule has 0 spiro atoms. The summed E-state index contributed by atoms with van der Waals surface area (Å²) in [5, 5.41) is 11.1. The lowest BCUT2D eigenvalue weighted by Crippen LogP contribution is -2.06. The highest BCUT2D eigenvalue weighted by Crippen LogP contribution is 2.27. The lowest BCUT2D eigenvalue weighted by molar-refractivity contribution is -0.387. The summed E-state index contributed by atoms with van der Waals surface area (Å²) in [6, 6.07) is 3.30. The molecule has 0 aliphatic carbocycles. The molecule has 0 aliphatic heterocycles. The smallest absolute Gasteiger partial charge is 0.358 e. The molecule has 2 rings (SSSR count). The van der Waals surface area contributed by atoms with E-state index >= 15 is 0 Å². The van der Waals surface area contributed by atoms with Crippen molar-refractivity contribution in [2.24, 2.45) is 5.73 Å². The average Bonchev–Trinajstić information content (AvgIpc) is 2.60. The van der Waals surface area contributed by atoms with Gasteiger partial charge in [-0.25, -0.2) is 0 Å². The van der Waals surface area contributed by atoms with Crippen LogP contribution in [0.1, 0.15) is 5.82 Å². The number of nitrogens with two attached hydrogens (primary N) is 1. The highest BCUT2D eigenvalue weighted by atomic mass is 35.5. The summed E-state index contributed by atoms with van der Waals surface area (Å²) < 4.78 is 1.60. The summed E-state index contributed by atoms with van der Waals surface area (Å²) in [7, 11) is 0. The Kier molecular flexibility index (Phi) is 2.76. The number of nitro groups is 1. The van der Waals surface area contributed by atoms with Crippen LogP contribution in [-0.2, 0) is 6.42 Å². The van der Waals surface area contributed by atoms with Gasteiger partial charge in [-0.05, 0) is 22.0 Å². The second-order valence-corrected chi connectivity index (χ2v) is 3.63. The van der Waals surface area contributed by atoms with E-state index in [4.69, 9.17) is 17.3 Å². The molecule has 0 amide bonds. The van der Waals surface area contributed by atoms with Crippen LogP contribution in [0, 0.1) is 10.1 Å². The fourth-order valence-electron chi connectivity index (χ4n) is 1.57. The first-order chi connectivity index (χ1) is 7.65. The Labute approximate surface area is 95.8 Å². The zero-order valence-corrected chi connectivity index (χ0v) is 9.02. The van der Waals surface area contributed by atoms with Gasteiger partial charge in [0.05, 0.1) is 5.02 Å². The Morgan fingerprint density at radius 2 is 2.38 bits per heavy atom. The van der Waals surface area contributed by atoms with E-state index in [1.807, 2.05) is 0 Å². The maximum absolute atomic E-state index is 10.8. The van der Waals surface area contributed by atoms with E-state index in [1.54, 1.807) is 22.7 Å². The van der Waals surface area contributed by atoms with E-state index in [9.17, 15) is 10.1 Å². The van der Waals surface area contributed by atoms with Crippen molar-refractivity contribution < 1.29 is 4.92 Å². The number of fused-ring (bicyclic) bond motifs is 1. The fraction of sp³-hybridized carbons (Fsp3) is 0.222. The van der Waals surface area contributed by atoms with Gasteiger partial charge >= 0.3 is 5.82 Å². The average molecular weight is 241 g/mol. The van der Waals surface area contributed by atoms with Crippen molar-refractivity contribution >= 4 is 22.9 Å². The minimum absolute atomic E-state index is 0.228. The third-order valence-corrected chi connectivity index (χ3v) is 2.52. The van der Waals surface area contributed by atoms with E-state index in [-0.39, 0.29) is 5.82 Å². The summed E-state index contributed by atoms with van der Waals surface area (Å²) in [6.45, 7) is 0.378. The normalized spacial score (nSPS) is 10.9. The van der Waals surface area contributed by atoms with Crippen LogP contribution in [-0.4, -0.2) is 20.9 Å². The van der Waals surface area contributed by atoms with Gasteiger partial charge in [0.2, 0.25) is 5.82 Å². The predicted octanol–water partition coefficient (Wildman–Crippen LogP) is 1.40. The standard InChI is InChI=1S/C9H9ClN4O2/c10-6-2-1-5-13-7(3-4-11)12-9(8(6)13)14(15)16/h1-2,5H,3-4,11H2. The van der Waals surface area contributed by atoms with Gasteiger partial charge in [-0.1, -0.05) is 11.6 Å². The molecule has 0 unspecified atom stereocenters. The number of imidazole rings is 1. The summed E-state index contributed by atoms with van der Waals surface area (Å²) in [4.78, 5) is 14.2. The first-order valence-corrected chi connectivity index (χ1v) is 5.03. The summed E-state index contributed by atoms with van der Waals surface area (Å²) in [5.74, 6) is 0.320. The lowest BCUT2D eigenvalue weighted by Gasteiger charge is -1.96. The molecule has 2 N–H and O–H groups in total. The molecule has 0 saturated carbocycles. The van der Waals surface area contributed by atoms with E-state index < -0.39 is 4.92 Å². The first-order valence-electron chi connectivity index (χ1n) is 4.65. The van der Waals surface area contributed by atoms with Crippen LogP contribution < -0.4 is 5.73 Å². The van der Waals surface area contributed by atoms with Crippen molar-refractivity contribution in [3.63, 3.8) is 0 Å². The summed E-state index contributed by atoms with van der Waals surface area (Å²) in [5.41, 5.74) is 5.74. The summed E-state index contributed by atoms with van der Waals surface area (Å²) in [6.07, 6.45) is 2.15. The molecule has 2 aromatic heterocycles. The number of rotatable bonds is 3. The number of nitrogens with zero attached hydrogens (tertiary/aromatic N) is 3. The highest BCUT2D eigenvalue weighted by Gasteiger charge is 2.23. The molecule has 0 aliphatic rings. The lowest BCUT2D eigenvalue weighted by atomic mass is 10.4. The van der Waals surface area contributed by atoms with Crippen LogP contribution in [0.2, 0.25) is 5.02 Å². The van der Waals surface area contributed by atoms with Gasteiger partial charge < -0.3 is 15.8 Å². The predicted molar refractivity (Wildman–Crippen MR) is 59.6 cm³/mol. The number of halogens is 1. The first kappa shape index (κ1) is 10.8. The molecule has 0 fully saturated rings. The minimum atomic E-state index is -0.540. The molecule has 2 aromatic rings. The van der Waals surface area contributed by atoms with Crippen molar-refractivity contribution in [3.05, 3.63) is 39.3 Å². The van der Waals surface area contributed by atoms with Gasteiger partial charge in [-0.15, -0.1) is 0 Å². The van der Waals surface area contributed by atoms with Crippen LogP contribution in [0.25, 0.3) is 5.52 Å². The maximum atomic E-state index is 10.8. The Bertz CT molecular complexity index is 552.